The molecule has 0 aliphatic heterocycles. The summed E-state index contributed by atoms with van der Waals surface area (Å²) in [6, 6.07) is 8.17. The highest BCUT2D eigenvalue weighted by Crippen LogP contribution is 2.41. The third-order valence-corrected chi connectivity index (χ3v) is 3.29. The van der Waals surface area contributed by atoms with Gasteiger partial charge in [-0.2, -0.15) is 13.2 Å². The summed E-state index contributed by atoms with van der Waals surface area (Å²) in [4.78, 5) is 0. The molecule has 124 valence electrons. The van der Waals surface area contributed by atoms with Crippen molar-refractivity contribution in [2.24, 2.45) is 0 Å². The quantitative estimate of drug-likeness (QED) is 0.484. The molecule has 0 heterocycles. The van der Waals surface area contributed by atoms with Gasteiger partial charge in [-0.25, -0.2) is 0 Å². The minimum absolute atomic E-state index is 0.0605. The molecule has 0 saturated heterocycles. The van der Waals surface area contributed by atoms with Gasteiger partial charge in [0.1, 0.15) is 5.75 Å². The first-order valence-corrected chi connectivity index (χ1v) is 6.77. The van der Waals surface area contributed by atoms with E-state index < -0.39 is 29.7 Å². The lowest BCUT2D eigenvalue weighted by Gasteiger charge is -2.18. The van der Waals surface area contributed by atoms with Gasteiger partial charge in [0.25, 0.3) is 0 Å². The zero-order valence-electron chi connectivity index (χ0n) is 11.3. The van der Waals surface area contributed by atoms with E-state index in [1.807, 2.05) is 0 Å². The molecular formula is C15H9ClF6O. The molecule has 8 heteroatoms. The molecule has 0 unspecified atom stereocenters. The highest BCUT2D eigenvalue weighted by atomic mass is 35.5. The topological polar surface area (TPSA) is 9.23 Å². The Morgan fingerprint density at radius 2 is 1.43 bits per heavy atom. The molecule has 0 fully saturated rings. The highest BCUT2D eigenvalue weighted by molar-refractivity contribution is 6.17. The Bertz CT molecular complexity index is 693. The number of para-hydroxylation sites is 1. The second-order valence-corrected chi connectivity index (χ2v) is 4.77. The summed E-state index contributed by atoms with van der Waals surface area (Å²) in [5, 5.41) is 0. The van der Waals surface area contributed by atoms with Crippen LogP contribution in [0.5, 0.6) is 5.75 Å². The summed E-state index contributed by atoms with van der Waals surface area (Å²) in [6.07, 6.45) is -9.63. The molecule has 0 saturated carbocycles. The lowest BCUT2D eigenvalue weighted by atomic mass is 9.95. The number of hydrogen-bond acceptors (Lipinski definition) is 1. The summed E-state index contributed by atoms with van der Waals surface area (Å²) >= 11 is 5.62. The van der Waals surface area contributed by atoms with Crippen LogP contribution in [0.25, 0.3) is 11.1 Å². The van der Waals surface area contributed by atoms with Gasteiger partial charge in [-0.3, -0.25) is 0 Å². The van der Waals surface area contributed by atoms with Crippen molar-refractivity contribution in [1.82, 2.24) is 0 Å². The maximum absolute atomic E-state index is 13.0. The highest BCUT2D eigenvalue weighted by Gasteiger charge is 2.35. The van der Waals surface area contributed by atoms with Gasteiger partial charge in [-0.05, 0) is 23.3 Å². The average molecular weight is 355 g/mol. The standard InChI is InChI=1S/C15H9ClF6O/c16-8-11-9(5-3-6-12(11)14(17,18)19)10-4-1-2-7-13(10)23-15(20,21)22/h1-7H,8H2. The fourth-order valence-corrected chi connectivity index (χ4v) is 2.44. The first-order valence-electron chi connectivity index (χ1n) is 6.23. The monoisotopic (exact) mass is 354 g/mol. The van der Waals surface area contributed by atoms with E-state index in [0.717, 1.165) is 18.2 Å². The SMILES string of the molecule is FC(F)(F)Oc1ccccc1-c1cccc(C(F)(F)F)c1CCl. The van der Waals surface area contributed by atoms with E-state index in [1.165, 1.54) is 24.3 Å². The van der Waals surface area contributed by atoms with Crippen molar-refractivity contribution in [1.29, 1.82) is 0 Å². The Kier molecular flexibility index (Phi) is 4.79. The molecule has 1 nitrogen and oxygen atoms in total. The molecular weight excluding hydrogens is 346 g/mol. The minimum atomic E-state index is -4.96. The number of hydrogen-bond donors (Lipinski definition) is 0. The lowest BCUT2D eigenvalue weighted by Crippen LogP contribution is -2.17. The van der Waals surface area contributed by atoms with Crippen LogP contribution in [-0.4, -0.2) is 6.36 Å². The Morgan fingerprint density at radius 3 is 2.00 bits per heavy atom. The Morgan fingerprint density at radius 1 is 0.826 bits per heavy atom. The maximum Gasteiger partial charge on any atom is 0.573 e. The number of benzene rings is 2. The lowest BCUT2D eigenvalue weighted by molar-refractivity contribution is -0.274. The van der Waals surface area contributed by atoms with Crippen LogP contribution in [0.15, 0.2) is 42.5 Å². The van der Waals surface area contributed by atoms with Crippen LogP contribution in [0, 0.1) is 0 Å². The molecule has 0 spiro atoms. The van der Waals surface area contributed by atoms with Gasteiger partial charge < -0.3 is 4.74 Å². The van der Waals surface area contributed by atoms with E-state index >= 15 is 0 Å². The van der Waals surface area contributed by atoms with Crippen molar-refractivity contribution in [2.45, 2.75) is 18.4 Å². The minimum Gasteiger partial charge on any atom is -0.405 e. The fraction of sp³-hybridized carbons (Fsp3) is 0.200. The van der Waals surface area contributed by atoms with Crippen LogP contribution in [0.4, 0.5) is 26.3 Å². The largest absolute Gasteiger partial charge is 0.573 e. The van der Waals surface area contributed by atoms with E-state index in [9.17, 15) is 26.3 Å². The van der Waals surface area contributed by atoms with Crippen molar-refractivity contribution >= 4 is 11.6 Å². The maximum atomic E-state index is 13.0. The van der Waals surface area contributed by atoms with Gasteiger partial charge in [0, 0.05) is 11.4 Å². The summed E-state index contributed by atoms with van der Waals surface area (Å²) < 4.78 is 80.4. The predicted molar refractivity (Wildman–Crippen MR) is 73.1 cm³/mol. The van der Waals surface area contributed by atoms with Crippen LogP contribution in [0.2, 0.25) is 0 Å². The van der Waals surface area contributed by atoms with Gasteiger partial charge in [-0.1, -0.05) is 30.3 Å². The number of halogens is 7. The first-order chi connectivity index (χ1) is 10.6. The summed E-state index contributed by atoms with van der Waals surface area (Å²) in [5.41, 5.74) is -1.48. The molecule has 0 amide bonds. The number of rotatable bonds is 3. The zero-order chi connectivity index (χ0) is 17.3. The third kappa shape index (κ3) is 4.10. The molecule has 0 atom stereocenters. The van der Waals surface area contributed by atoms with Gasteiger partial charge in [0.05, 0.1) is 5.56 Å². The number of ether oxygens (including phenoxy) is 1. The second kappa shape index (κ2) is 6.31. The van der Waals surface area contributed by atoms with Gasteiger partial charge in [-0.15, -0.1) is 24.8 Å². The van der Waals surface area contributed by atoms with Crippen molar-refractivity contribution in [2.75, 3.05) is 0 Å². The molecule has 0 N–H and O–H groups in total. The second-order valence-electron chi connectivity index (χ2n) is 4.51. The molecule has 0 bridgehead atoms. The first kappa shape index (κ1) is 17.5. The van der Waals surface area contributed by atoms with Crippen molar-refractivity contribution in [3.05, 3.63) is 53.6 Å². The van der Waals surface area contributed by atoms with Crippen LogP contribution >= 0.6 is 11.6 Å². The molecule has 0 aromatic heterocycles. The van der Waals surface area contributed by atoms with Crippen LogP contribution < -0.4 is 4.74 Å². The third-order valence-electron chi connectivity index (χ3n) is 3.02. The molecule has 0 aliphatic carbocycles. The fourth-order valence-electron chi connectivity index (χ4n) is 2.15. The Balaban J connectivity index is 2.64. The van der Waals surface area contributed by atoms with Crippen molar-refractivity contribution in [3.63, 3.8) is 0 Å². The van der Waals surface area contributed by atoms with Crippen LogP contribution in [-0.2, 0) is 12.1 Å². The summed E-state index contributed by atoms with van der Waals surface area (Å²) in [6.45, 7) is 0. The Labute approximate surface area is 132 Å². The zero-order valence-corrected chi connectivity index (χ0v) is 12.1. The average Bonchev–Trinajstić information content (AvgIpc) is 2.44. The van der Waals surface area contributed by atoms with Crippen LogP contribution in [0.3, 0.4) is 0 Å². The van der Waals surface area contributed by atoms with Crippen LogP contribution in [0.1, 0.15) is 11.1 Å². The molecule has 0 radical (unpaired) electrons. The van der Waals surface area contributed by atoms with Crippen molar-refractivity contribution < 1.29 is 31.1 Å². The van der Waals surface area contributed by atoms with Gasteiger partial charge in [0.2, 0.25) is 0 Å². The predicted octanol–water partition coefficient (Wildman–Crippen LogP) is 6.01. The smallest absolute Gasteiger partial charge is 0.405 e. The normalized spacial score (nSPS) is 12.3. The Hall–Kier alpha value is -1.89. The summed E-state index contributed by atoms with van der Waals surface area (Å²) in [7, 11) is 0. The molecule has 2 aromatic rings. The van der Waals surface area contributed by atoms with E-state index in [1.54, 1.807) is 0 Å². The van der Waals surface area contributed by atoms with E-state index in [0.29, 0.717) is 0 Å². The molecule has 2 rings (SSSR count). The van der Waals surface area contributed by atoms with E-state index in [2.05, 4.69) is 4.74 Å². The molecule has 0 aliphatic rings. The molecule has 2 aromatic carbocycles. The van der Waals surface area contributed by atoms with Gasteiger partial charge >= 0.3 is 12.5 Å². The number of alkyl halides is 7. The molecule has 23 heavy (non-hydrogen) atoms. The van der Waals surface area contributed by atoms with E-state index in [4.69, 9.17) is 11.6 Å². The van der Waals surface area contributed by atoms with E-state index in [-0.39, 0.29) is 16.7 Å². The van der Waals surface area contributed by atoms with Crippen molar-refractivity contribution in [3.8, 4) is 16.9 Å². The summed E-state index contributed by atoms with van der Waals surface area (Å²) in [5.74, 6) is -1.10. The van der Waals surface area contributed by atoms with Gasteiger partial charge in [0.15, 0.2) is 0 Å².